The minimum absolute atomic E-state index is 0.0830. The third-order valence-corrected chi connectivity index (χ3v) is 6.92. The van der Waals surface area contributed by atoms with Gasteiger partial charge < -0.3 is 15.2 Å². The van der Waals surface area contributed by atoms with Crippen LogP contribution < -0.4 is 10.1 Å². The van der Waals surface area contributed by atoms with Crippen LogP contribution in [0.4, 0.5) is 4.79 Å². The summed E-state index contributed by atoms with van der Waals surface area (Å²) in [7, 11) is 1.54. The van der Waals surface area contributed by atoms with Crippen molar-refractivity contribution in [2.45, 2.75) is 65.3 Å². The van der Waals surface area contributed by atoms with E-state index in [1.165, 1.54) is 10.5 Å². The smallest absolute Gasteiger partial charge is 0.323 e. The van der Waals surface area contributed by atoms with Crippen LogP contribution in [0, 0.1) is 5.41 Å². The number of nitrogens with one attached hydrogen (secondary N) is 2. The van der Waals surface area contributed by atoms with Gasteiger partial charge in [-0.05, 0) is 59.1 Å². The standard InChI is InChI=1S/C33H41N3O4/c1-6-36(32(39)35-22-24-13-17-28(18-14-24)33(2,3)4)30(34)12-8-10-23-9-7-11-25(19-23)26-15-16-27(21-31(37)38)29(20-26)40-5/h7,9,11,13-20,34H,6,8,10,12,21-22H2,1-5H3,(H,35,39)(H,37,38). The molecule has 2 amide bonds. The summed E-state index contributed by atoms with van der Waals surface area (Å²) in [6.45, 7) is 9.25. The Morgan fingerprint density at radius 1 is 0.975 bits per heavy atom. The van der Waals surface area contributed by atoms with Gasteiger partial charge in [-0.3, -0.25) is 15.1 Å². The second-order valence-corrected chi connectivity index (χ2v) is 10.9. The van der Waals surface area contributed by atoms with E-state index in [0.29, 0.717) is 36.7 Å². The highest BCUT2D eigenvalue weighted by molar-refractivity contribution is 5.95. The van der Waals surface area contributed by atoms with Crippen LogP contribution in [0.2, 0.25) is 0 Å². The van der Waals surface area contributed by atoms with E-state index in [1.54, 1.807) is 13.2 Å². The number of carboxylic acids is 1. The number of benzene rings is 3. The summed E-state index contributed by atoms with van der Waals surface area (Å²) in [6, 6.07) is 21.7. The summed E-state index contributed by atoms with van der Waals surface area (Å²) in [6.07, 6.45) is 1.90. The average Bonchev–Trinajstić information content (AvgIpc) is 2.92. The Morgan fingerprint density at radius 3 is 2.30 bits per heavy atom. The first-order valence-electron chi connectivity index (χ1n) is 13.7. The molecule has 0 aliphatic carbocycles. The molecule has 0 aromatic heterocycles. The number of rotatable bonds is 11. The van der Waals surface area contributed by atoms with Gasteiger partial charge in [-0.1, -0.05) is 81.4 Å². The van der Waals surface area contributed by atoms with Gasteiger partial charge in [-0.2, -0.15) is 0 Å². The van der Waals surface area contributed by atoms with Crippen LogP contribution in [0.3, 0.4) is 0 Å². The topological polar surface area (TPSA) is 103 Å². The van der Waals surface area contributed by atoms with Crippen LogP contribution >= 0.6 is 0 Å². The maximum atomic E-state index is 12.8. The number of carbonyl (C=O) groups excluding carboxylic acids is 1. The van der Waals surface area contributed by atoms with Gasteiger partial charge in [0.1, 0.15) is 11.6 Å². The number of ether oxygens (including phenoxy) is 1. The van der Waals surface area contributed by atoms with Crippen molar-refractivity contribution in [2.75, 3.05) is 13.7 Å². The van der Waals surface area contributed by atoms with E-state index in [1.807, 2.05) is 43.3 Å². The molecule has 0 saturated heterocycles. The molecule has 212 valence electrons. The highest BCUT2D eigenvalue weighted by atomic mass is 16.5. The number of hydrogen-bond acceptors (Lipinski definition) is 4. The fraction of sp³-hybridized carbons (Fsp3) is 0.364. The van der Waals surface area contributed by atoms with Crippen LogP contribution in [0.5, 0.6) is 5.75 Å². The molecule has 0 saturated carbocycles. The second kappa shape index (κ2) is 13.8. The van der Waals surface area contributed by atoms with Gasteiger partial charge in [-0.15, -0.1) is 0 Å². The highest BCUT2D eigenvalue weighted by Crippen LogP contribution is 2.29. The molecule has 7 nitrogen and oxygen atoms in total. The Hall–Kier alpha value is -4.13. The molecule has 0 fully saturated rings. The fourth-order valence-electron chi connectivity index (χ4n) is 4.59. The molecule has 0 unspecified atom stereocenters. The number of aryl methyl sites for hydroxylation is 1. The molecule has 0 heterocycles. The van der Waals surface area contributed by atoms with Crippen molar-refractivity contribution in [3.05, 3.63) is 89.0 Å². The zero-order chi connectivity index (χ0) is 29.3. The lowest BCUT2D eigenvalue weighted by molar-refractivity contribution is -0.136. The van der Waals surface area contributed by atoms with Gasteiger partial charge in [-0.25, -0.2) is 4.79 Å². The lowest BCUT2D eigenvalue weighted by atomic mass is 9.87. The van der Waals surface area contributed by atoms with Gasteiger partial charge >= 0.3 is 12.0 Å². The lowest BCUT2D eigenvalue weighted by Gasteiger charge is -2.22. The van der Waals surface area contributed by atoms with Crippen LogP contribution in [-0.2, 0) is 29.6 Å². The molecule has 3 aromatic rings. The first kappa shape index (κ1) is 30.4. The van der Waals surface area contributed by atoms with Gasteiger partial charge in [0.25, 0.3) is 0 Å². The third kappa shape index (κ3) is 8.43. The molecule has 0 radical (unpaired) electrons. The summed E-state index contributed by atoms with van der Waals surface area (Å²) in [5.41, 5.74) is 6.08. The normalized spacial score (nSPS) is 11.1. The number of amides is 2. The quantitative estimate of drug-likeness (QED) is 0.182. The number of hydrogen-bond donors (Lipinski definition) is 3. The van der Waals surface area contributed by atoms with Gasteiger partial charge in [0, 0.05) is 25.1 Å². The number of aliphatic carboxylic acids is 1. The fourth-order valence-corrected chi connectivity index (χ4v) is 4.59. The second-order valence-electron chi connectivity index (χ2n) is 10.9. The van der Waals surface area contributed by atoms with Crippen LogP contribution in [0.25, 0.3) is 11.1 Å². The summed E-state index contributed by atoms with van der Waals surface area (Å²) >= 11 is 0. The predicted octanol–water partition coefficient (Wildman–Crippen LogP) is 6.82. The summed E-state index contributed by atoms with van der Waals surface area (Å²) in [5.74, 6) is -0.0415. The van der Waals surface area contributed by atoms with E-state index in [4.69, 9.17) is 15.3 Å². The minimum atomic E-state index is -0.899. The molecule has 7 heteroatoms. The van der Waals surface area contributed by atoms with Crippen molar-refractivity contribution in [3.8, 4) is 16.9 Å². The highest BCUT2D eigenvalue weighted by Gasteiger charge is 2.17. The Kier molecular flexibility index (Phi) is 10.5. The Balaban J connectivity index is 1.54. The van der Waals surface area contributed by atoms with E-state index in [2.05, 4.69) is 50.4 Å². The van der Waals surface area contributed by atoms with Crippen LogP contribution in [-0.4, -0.2) is 41.5 Å². The molecule has 0 bridgehead atoms. The zero-order valence-electron chi connectivity index (χ0n) is 24.2. The Bertz CT molecular complexity index is 1330. The van der Waals surface area contributed by atoms with Gasteiger partial charge in [0.15, 0.2) is 0 Å². The number of urea groups is 1. The van der Waals surface area contributed by atoms with Crippen LogP contribution in [0.15, 0.2) is 66.7 Å². The molecule has 0 spiro atoms. The third-order valence-electron chi connectivity index (χ3n) is 6.92. The number of nitrogens with zero attached hydrogens (tertiary/aromatic N) is 1. The van der Waals surface area contributed by atoms with E-state index in [9.17, 15) is 9.59 Å². The number of methoxy groups -OCH3 is 1. The summed E-state index contributed by atoms with van der Waals surface area (Å²) in [4.78, 5) is 25.4. The molecular formula is C33H41N3O4. The molecule has 3 rings (SSSR count). The molecule has 0 aliphatic heterocycles. The summed E-state index contributed by atoms with van der Waals surface area (Å²) < 4.78 is 5.42. The SMILES string of the molecule is CCN(C(=N)CCCc1cccc(-c2ccc(CC(=O)O)c(OC)c2)c1)C(=O)NCc1ccc(C(C)(C)C)cc1. The van der Waals surface area contributed by atoms with E-state index >= 15 is 0 Å². The number of carboxylic acid groups (broad SMARTS) is 1. The van der Waals surface area contributed by atoms with E-state index in [-0.39, 0.29) is 17.9 Å². The van der Waals surface area contributed by atoms with Crippen molar-refractivity contribution < 1.29 is 19.4 Å². The molecule has 0 aliphatic rings. The largest absolute Gasteiger partial charge is 0.496 e. The molecule has 3 N–H and O–H groups in total. The first-order chi connectivity index (χ1) is 19.0. The molecule has 0 atom stereocenters. The number of amidine groups is 1. The first-order valence-corrected chi connectivity index (χ1v) is 13.7. The number of carbonyl (C=O) groups is 2. The average molecular weight is 544 g/mol. The Morgan fingerprint density at radius 2 is 1.68 bits per heavy atom. The van der Waals surface area contributed by atoms with E-state index in [0.717, 1.165) is 35.1 Å². The van der Waals surface area contributed by atoms with Crippen molar-refractivity contribution >= 4 is 17.8 Å². The maximum Gasteiger partial charge on any atom is 0.323 e. The van der Waals surface area contributed by atoms with Crippen molar-refractivity contribution in [1.82, 2.24) is 10.2 Å². The van der Waals surface area contributed by atoms with Crippen LogP contribution in [0.1, 0.15) is 62.8 Å². The molecule has 3 aromatic carbocycles. The van der Waals surface area contributed by atoms with Gasteiger partial charge in [0.2, 0.25) is 0 Å². The maximum absolute atomic E-state index is 12.8. The summed E-state index contributed by atoms with van der Waals surface area (Å²) in [5, 5.41) is 20.6. The predicted molar refractivity (Wildman–Crippen MR) is 160 cm³/mol. The van der Waals surface area contributed by atoms with Gasteiger partial charge in [0.05, 0.1) is 13.5 Å². The van der Waals surface area contributed by atoms with E-state index < -0.39 is 5.97 Å². The van der Waals surface area contributed by atoms with Crippen molar-refractivity contribution in [2.24, 2.45) is 0 Å². The molecule has 40 heavy (non-hydrogen) atoms. The zero-order valence-corrected chi connectivity index (χ0v) is 24.2. The van der Waals surface area contributed by atoms with Crippen molar-refractivity contribution in [3.63, 3.8) is 0 Å². The van der Waals surface area contributed by atoms with Crippen molar-refractivity contribution in [1.29, 1.82) is 5.41 Å². The monoisotopic (exact) mass is 543 g/mol. The Labute approximate surface area is 237 Å². The lowest BCUT2D eigenvalue weighted by Crippen LogP contribution is -2.43. The minimum Gasteiger partial charge on any atom is -0.496 e. The molecular weight excluding hydrogens is 502 g/mol.